The molecule has 0 aliphatic carbocycles. The van der Waals surface area contributed by atoms with E-state index in [1.54, 1.807) is 5.01 Å². The number of benzene rings is 1. The van der Waals surface area contributed by atoms with E-state index in [9.17, 15) is 4.39 Å². The minimum absolute atomic E-state index is 0.529. The molecule has 0 aromatic heterocycles. The van der Waals surface area contributed by atoms with Crippen molar-refractivity contribution in [1.29, 1.82) is 0 Å². The number of nitrogens with two attached hydrogens (primary N) is 1. The van der Waals surface area contributed by atoms with E-state index in [0.29, 0.717) is 13.0 Å². The first-order valence-electron chi connectivity index (χ1n) is 6.29. The van der Waals surface area contributed by atoms with Gasteiger partial charge >= 0.3 is 0 Å². The number of fused-ring (bicyclic) bond motifs is 1. The van der Waals surface area contributed by atoms with Gasteiger partial charge in [-0.05, 0) is 31.4 Å². The van der Waals surface area contributed by atoms with Gasteiger partial charge in [0.05, 0.1) is 5.69 Å². The van der Waals surface area contributed by atoms with Gasteiger partial charge in [0.2, 0.25) is 0 Å². The molecule has 3 nitrogen and oxygen atoms in total. The first-order valence-corrected chi connectivity index (χ1v) is 6.29. The van der Waals surface area contributed by atoms with Gasteiger partial charge in [-0.1, -0.05) is 6.07 Å². The fourth-order valence-corrected chi connectivity index (χ4v) is 2.88. The Hall–Kier alpha value is -1.29. The highest BCUT2D eigenvalue weighted by Gasteiger charge is 2.25. The minimum atomic E-state index is -0.685. The van der Waals surface area contributed by atoms with Gasteiger partial charge in [-0.15, -0.1) is 0 Å². The molecule has 1 unspecified atom stereocenters. The monoisotopic (exact) mass is 235 g/mol. The molecular formula is C13H18FN3. The van der Waals surface area contributed by atoms with Gasteiger partial charge in [-0.2, -0.15) is 0 Å². The van der Waals surface area contributed by atoms with Crippen molar-refractivity contribution in [2.24, 2.45) is 5.84 Å². The highest BCUT2D eigenvalue weighted by molar-refractivity contribution is 5.70. The average molecular weight is 235 g/mol. The maximum absolute atomic E-state index is 13.5. The zero-order valence-electron chi connectivity index (χ0n) is 9.90. The zero-order chi connectivity index (χ0) is 11.8. The SMILES string of the molecule is NN1CCc2c1cccc2N1CCCC(F)C1. The Bertz CT molecular complexity index is 421. The topological polar surface area (TPSA) is 32.5 Å². The fourth-order valence-electron chi connectivity index (χ4n) is 2.88. The van der Waals surface area contributed by atoms with Crippen molar-refractivity contribution in [2.75, 3.05) is 29.5 Å². The van der Waals surface area contributed by atoms with Crippen LogP contribution < -0.4 is 15.8 Å². The lowest BCUT2D eigenvalue weighted by Gasteiger charge is -2.32. The molecule has 17 heavy (non-hydrogen) atoms. The Kier molecular flexibility index (Phi) is 2.67. The van der Waals surface area contributed by atoms with Crippen molar-refractivity contribution in [3.05, 3.63) is 23.8 Å². The first kappa shape index (κ1) is 10.8. The van der Waals surface area contributed by atoms with Crippen molar-refractivity contribution in [3.63, 3.8) is 0 Å². The van der Waals surface area contributed by atoms with Crippen LogP contribution in [-0.2, 0) is 6.42 Å². The van der Waals surface area contributed by atoms with Crippen LogP contribution in [-0.4, -0.2) is 25.8 Å². The molecule has 0 amide bonds. The van der Waals surface area contributed by atoms with E-state index < -0.39 is 6.17 Å². The van der Waals surface area contributed by atoms with Crippen LogP contribution in [0.4, 0.5) is 15.8 Å². The van der Waals surface area contributed by atoms with Gasteiger partial charge in [0, 0.05) is 30.9 Å². The summed E-state index contributed by atoms with van der Waals surface area (Å²) in [6, 6.07) is 6.15. The first-order chi connectivity index (χ1) is 8.25. The van der Waals surface area contributed by atoms with E-state index in [2.05, 4.69) is 11.0 Å². The standard InChI is InChI=1S/C13H18FN3/c14-10-3-2-7-16(9-10)12-4-1-5-13-11(12)6-8-17(13)15/h1,4-5,10H,2-3,6-9,15H2. The molecule has 2 aliphatic rings. The average Bonchev–Trinajstić information content (AvgIpc) is 2.71. The number of alkyl halides is 1. The summed E-state index contributed by atoms with van der Waals surface area (Å²) in [5, 5.41) is 1.79. The van der Waals surface area contributed by atoms with E-state index in [4.69, 9.17) is 5.84 Å². The molecule has 0 saturated carbocycles. The molecule has 0 bridgehead atoms. The van der Waals surface area contributed by atoms with Crippen LogP contribution >= 0.6 is 0 Å². The van der Waals surface area contributed by atoms with Crippen molar-refractivity contribution in [1.82, 2.24) is 0 Å². The molecule has 1 aromatic rings. The molecule has 0 spiro atoms. The predicted octanol–water partition coefficient (Wildman–Crippen LogP) is 1.86. The van der Waals surface area contributed by atoms with Crippen molar-refractivity contribution in [2.45, 2.75) is 25.4 Å². The summed E-state index contributed by atoms with van der Waals surface area (Å²) >= 11 is 0. The lowest BCUT2D eigenvalue weighted by Crippen LogP contribution is -2.36. The van der Waals surface area contributed by atoms with E-state index in [1.165, 1.54) is 11.3 Å². The van der Waals surface area contributed by atoms with E-state index >= 15 is 0 Å². The number of piperidine rings is 1. The third kappa shape index (κ3) is 1.86. The lowest BCUT2D eigenvalue weighted by molar-refractivity contribution is 0.286. The summed E-state index contributed by atoms with van der Waals surface area (Å²) in [6.07, 6.45) is 1.93. The summed E-state index contributed by atoms with van der Waals surface area (Å²) in [7, 11) is 0. The van der Waals surface area contributed by atoms with Crippen LogP contribution in [0.25, 0.3) is 0 Å². The molecule has 92 valence electrons. The van der Waals surface area contributed by atoms with Crippen molar-refractivity contribution < 1.29 is 4.39 Å². The molecule has 2 heterocycles. The quantitative estimate of drug-likeness (QED) is 0.754. The summed E-state index contributed by atoms with van der Waals surface area (Å²) < 4.78 is 13.5. The Morgan fingerprint density at radius 3 is 2.88 bits per heavy atom. The largest absolute Gasteiger partial charge is 0.368 e. The third-order valence-corrected chi connectivity index (χ3v) is 3.74. The van der Waals surface area contributed by atoms with Crippen LogP contribution in [0.2, 0.25) is 0 Å². The van der Waals surface area contributed by atoms with E-state index in [1.807, 2.05) is 12.1 Å². The smallest absolute Gasteiger partial charge is 0.118 e. The van der Waals surface area contributed by atoms with Crippen LogP contribution in [0.3, 0.4) is 0 Å². The Morgan fingerprint density at radius 1 is 1.24 bits per heavy atom. The lowest BCUT2D eigenvalue weighted by atomic mass is 10.0. The maximum Gasteiger partial charge on any atom is 0.118 e. The van der Waals surface area contributed by atoms with E-state index in [0.717, 1.165) is 31.6 Å². The number of hydrogen-bond acceptors (Lipinski definition) is 3. The number of rotatable bonds is 1. The molecule has 2 aliphatic heterocycles. The van der Waals surface area contributed by atoms with Gasteiger partial charge < -0.3 is 9.91 Å². The van der Waals surface area contributed by atoms with E-state index in [-0.39, 0.29) is 0 Å². The minimum Gasteiger partial charge on any atom is -0.368 e. The van der Waals surface area contributed by atoms with Crippen LogP contribution in [0.5, 0.6) is 0 Å². The molecule has 4 heteroatoms. The van der Waals surface area contributed by atoms with Crippen LogP contribution in [0.15, 0.2) is 18.2 Å². The Labute approximate surface area is 101 Å². The molecule has 1 fully saturated rings. The van der Waals surface area contributed by atoms with Gasteiger partial charge in [0.15, 0.2) is 0 Å². The zero-order valence-corrected chi connectivity index (χ0v) is 9.90. The highest BCUT2D eigenvalue weighted by Crippen LogP contribution is 2.35. The fraction of sp³-hybridized carbons (Fsp3) is 0.538. The number of anilines is 2. The molecule has 3 rings (SSSR count). The number of hydrogen-bond donors (Lipinski definition) is 1. The molecule has 1 atom stereocenters. The summed E-state index contributed by atoms with van der Waals surface area (Å²) in [5.41, 5.74) is 3.56. The van der Waals surface area contributed by atoms with Crippen LogP contribution in [0, 0.1) is 0 Å². The summed E-state index contributed by atoms with van der Waals surface area (Å²) in [6.45, 7) is 2.35. The van der Waals surface area contributed by atoms with Gasteiger partial charge in [0.1, 0.15) is 6.17 Å². The molecule has 2 N–H and O–H groups in total. The van der Waals surface area contributed by atoms with Gasteiger partial charge in [0.25, 0.3) is 0 Å². The second-order valence-corrected chi connectivity index (χ2v) is 4.90. The molecular weight excluding hydrogens is 217 g/mol. The van der Waals surface area contributed by atoms with Crippen LogP contribution in [0.1, 0.15) is 18.4 Å². The number of halogens is 1. The highest BCUT2D eigenvalue weighted by atomic mass is 19.1. The Balaban J connectivity index is 1.93. The molecule has 1 aromatic carbocycles. The van der Waals surface area contributed by atoms with Crippen molar-refractivity contribution >= 4 is 11.4 Å². The summed E-state index contributed by atoms with van der Waals surface area (Å²) in [5.74, 6) is 5.91. The summed E-state index contributed by atoms with van der Waals surface area (Å²) in [4.78, 5) is 2.17. The molecule has 1 saturated heterocycles. The number of hydrazine groups is 1. The Morgan fingerprint density at radius 2 is 2.06 bits per heavy atom. The number of nitrogens with zero attached hydrogens (tertiary/aromatic N) is 2. The second-order valence-electron chi connectivity index (χ2n) is 4.90. The van der Waals surface area contributed by atoms with Gasteiger partial charge in [-0.3, -0.25) is 0 Å². The second kappa shape index (κ2) is 4.18. The third-order valence-electron chi connectivity index (χ3n) is 3.74. The normalized spacial score (nSPS) is 24.0. The maximum atomic E-state index is 13.5. The van der Waals surface area contributed by atoms with Crippen molar-refractivity contribution in [3.8, 4) is 0 Å². The predicted molar refractivity (Wildman–Crippen MR) is 68.0 cm³/mol. The molecule has 0 radical (unpaired) electrons. The van der Waals surface area contributed by atoms with Gasteiger partial charge in [-0.25, -0.2) is 10.2 Å².